The van der Waals surface area contributed by atoms with Crippen LogP contribution >= 0.6 is 0 Å². The number of rotatable bonds is 5. The summed E-state index contributed by atoms with van der Waals surface area (Å²) >= 11 is 0. The minimum absolute atomic E-state index is 0.362. The zero-order valence-electron chi connectivity index (χ0n) is 11.1. The van der Waals surface area contributed by atoms with Gasteiger partial charge in [0.2, 0.25) is 0 Å². The van der Waals surface area contributed by atoms with Crippen LogP contribution in [0, 0.1) is 11.3 Å². The lowest BCUT2D eigenvalue weighted by atomic mass is 9.98. The molecule has 0 aliphatic carbocycles. The van der Waals surface area contributed by atoms with Gasteiger partial charge < -0.3 is 4.90 Å². The van der Waals surface area contributed by atoms with Gasteiger partial charge in [0, 0.05) is 18.6 Å². The maximum atomic E-state index is 9.24. The maximum Gasteiger partial charge on any atom is 0.105 e. The number of nitriles is 1. The molecule has 0 aromatic rings. The van der Waals surface area contributed by atoms with E-state index in [1.165, 1.54) is 19.4 Å². The first kappa shape index (κ1) is 13.5. The van der Waals surface area contributed by atoms with E-state index < -0.39 is 0 Å². The van der Waals surface area contributed by atoms with Crippen LogP contribution in [0.15, 0.2) is 0 Å². The molecule has 1 saturated heterocycles. The van der Waals surface area contributed by atoms with Gasteiger partial charge in [0.25, 0.3) is 0 Å². The third-order valence-corrected chi connectivity index (χ3v) is 3.44. The van der Waals surface area contributed by atoms with Crippen LogP contribution in [-0.2, 0) is 0 Å². The Bertz CT molecular complexity index is 256. The minimum atomic E-state index is -0.378. The fourth-order valence-corrected chi connectivity index (χ4v) is 2.49. The van der Waals surface area contributed by atoms with E-state index in [4.69, 9.17) is 0 Å². The van der Waals surface area contributed by atoms with E-state index >= 15 is 0 Å². The van der Waals surface area contributed by atoms with Crippen LogP contribution in [0.5, 0.6) is 0 Å². The maximum absolute atomic E-state index is 9.24. The number of hydrogen-bond acceptors (Lipinski definition) is 3. The fourth-order valence-electron chi connectivity index (χ4n) is 2.49. The first-order valence-corrected chi connectivity index (χ1v) is 6.40. The summed E-state index contributed by atoms with van der Waals surface area (Å²) in [5, 5.41) is 12.6. The third kappa shape index (κ3) is 3.77. The predicted molar refractivity (Wildman–Crippen MR) is 67.2 cm³/mol. The standard InChI is InChI=1S/C13H25N3/c1-11(2)15-13(4,10-14)7-9-16-8-5-6-12(16)3/h11-12,15H,5-9H2,1-4H3. The van der Waals surface area contributed by atoms with E-state index in [1.807, 2.05) is 6.92 Å². The number of nitrogens with one attached hydrogen (secondary N) is 1. The molecule has 3 nitrogen and oxygen atoms in total. The van der Waals surface area contributed by atoms with Gasteiger partial charge in [-0.15, -0.1) is 0 Å². The molecule has 0 bridgehead atoms. The second-order valence-corrected chi connectivity index (χ2v) is 5.52. The number of nitrogens with zero attached hydrogens (tertiary/aromatic N) is 2. The lowest BCUT2D eigenvalue weighted by molar-refractivity contribution is 0.236. The average Bonchev–Trinajstić information content (AvgIpc) is 2.60. The van der Waals surface area contributed by atoms with Crippen molar-refractivity contribution in [3.63, 3.8) is 0 Å². The molecule has 0 spiro atoms. The van der Waals surface area contributed by atoms with Crippen LogP contribution in [0.25, 0.3) is 0 Å². The summed E-state index contributed by atoms with van der Waals surface area (Å²) in [7, 11) is 0. The van der Waals surface area contributed by atoms with Gasteiger partial charge >= 0.3 is 0 Å². The van der Waals surface area contributed by atoms with Gasteiger partial charge in [-0.3, -0.25) is 5.32 Å². The molecule has 0 amide bonds. The van der Waals surface area contributed by atoms with Crippen molar-refractivity contribution in [1.82, 2.24) is 10.2 Å². The summed E-state index contributed by atoms with van der Waals surface area (Å²) in [6, 6.07) is 3.47. The van der Waals surface area contributed by atoms with Gasteiger partial charge in [-0.2, -0.15) is 5.26 Å². The Hall–Kier alpha value is -0.590. The van der Waals surface area contributed by atoms with Crippen molar-refractivity contribution in [3.8, 4) is 6.07 Å². The summed E-state index contributed by atoms with van der Waals surface area (Å²) in [5.74, 6) is 0. The summed E-state index contributed by atoms with van der Waals surface area (Å²) < 4.78 is 0. The molecule has 1 aliphatic rings. The summed E-state index contributed by atoms with van der Waals surface area (Å²) in [4.78, 5) is 2.50. The zero-order valence-corrected chi connectivity index (χ0v) is 11.1. The number of likely N-dealkylation sites (tertiary alicyclic amines) is 1. The molecule has 16 heavy (non-hydrogen) atoms. The topological polar surface area (TPSA) is 39.1 Å². The quantitative estimate of drug-likeness (QED) is 0.776. The highest BCUT2D eigenvalue weighted by atomic mass is 15.2. The Morgan fingerprint density at radius 3 is 2.69 bits per heavy atom. The van der Waals surface area contributed by atoms with E-state index in [1.54, 1.807) is 0 Å². The Morgan fingerprint density at radius 2 is 2.25 bits per heavy atom. The van der Waals surface area contributed by atoms with Gasteiger partial charge in [0.15, 0.2) is 0 Å². The van der Waals surface area contributed by atoms with Crippen LogP contribution in [0.1, 0.15) is 47.0 Å². The predicted octanol–water partition coefficient (Wildman–Crippen LogP) is 2.14. The highest BCUT2D eigenvalue weighted by molar-refractivity contribution is 5.05. The molecule has 1 N–H and O–H groups in total. The van der Waals surface area contributed by atoms with Crippen molar-refractivity contribution in [2.45, 2.75) is 64.6 Å². The second-order valence-electron chi connectivity index (χ2n) is 5.52. The van der Waals surface area contributed by atoms with E-state index in [2.05, 4.69) is 37.1 Å². The molecule has 3 heteroatoms. The molecule has 1 fully saturated rings. The van der Waals surface area contributed by atoms with E-state index in [9.17, 15) is 5.26 Å². The molecule has 1 heterocycles. The molecule has 0 saturated carbocycles. The second kappa shape index (κ2) is 5.65. The van der Waals surface area contributed by atoms with E-state index in [0.717, 1.165) is 13.0 Å². The highest BCUT2D eigenvalue weighted by Crippen LogP contribution is 2.19. The molecule has 1 rings (SSSR count). The summed E-state index contributed by atoms with van der Waals surface area (Å²) in [6.07, 6.45) is 3.52. The Kier molecular flexibility index (Phi) is 4.76. The van der Waals surface area contributed by atoms with Gasteiger partial charge in [-0.25, -0.2) is 0 Å². The first-order chi connectivity index (χ1) is 7.47. The van der Waals surface area contributed by atoms with Gasteiger partial charge in [-0.05, 0) is 53.5 Å². The monoisotopic (exact) mass is 223 g/mol. The third-order valence-electron chi connectivity index (χ3n) is 3.44. The van der Waals surface area contributed by atoms with Gasteiger partial charge in [0.05, 0.1) is 6.07 Å². The summed E-state index contributed by atoms with van der Waals surface area (Å²) in [6.45, 7) is 10.7. The minimum Gasteiger partial charge on any atom is -0.301 e. The molecule has 2 unspecified atom stereocenters. The lowest BCUT2D eigenvalue weighted by Gasteiger charge is -2.29. The SMILES string of the molecule is CC(C)NC(C)(C#N)CCN1CCCC1C. The Morgan fingerprint density at radius 1 is 1.56 bits per heavy atom. The van der Waals surface area contributed by atoms with Gasteiger partial charge in [-0.1, -0.05) is 0 Å². The van der Waals surface area contributed by atoms with Crippen LogP contribution < -0.4 is 5.32 Å². The zero-order chi connectivity index (χ0) is 12.2. The first-order valence-electron chi connectivity index (χ1n) is 6.40. The Labute approximate surface area is 99.8 Å². The molecular formula is C13H25N3. The molecule has 92 valence electrons. The fraction of sp³-hybridized carbons (Fsp3) is 0.923. The lowest BCUT2D eigenvalue weighted by Crippen LogP contribution is -2.47. The van der Waals surface area contributed by atoms with Crippen LogP contribution in [-0.4, -0.2) is 35.6 Å². The van der Waals surface area contributed by atoms with Crippen molar-refractivity contribution >= 4 is 0 Å². The molecule has 0 aromatic carbocycles. The van der Waals surface area contributed by atoms with Crippen molar-refractivity contribution in [1.29, 1.82) is 5.26 Å². The van der Waals surface area contributed by atoms with Crippen molar-refractivity contribution in [2.75, 3.05) is 13.1 Å². The molecule has 2 atom stereocenters. The van der Waals surface area contributed by atoms with Crippen molar-refractivity contribution < 1.29 is 0 Å². The van der Waals surface area contributed by atoms with Crippen LogP contribution in [0.4, 0.5) is 0 Å². The Balaban J connectivity index is 2.42. The average molecular weight is 223 g/mol. The van der Waals surface area contributed by atoms with E-state index in [-0.39, 0.29) is 5.54 Å². The van der Waals surface area contributed by atoms with E-state index in [0.29, 0.717) is 12.1 Å². The van der Waals surface area contributed by atoms with Gasteiger partial charge in [0.1, 0.15) is 5.54 Å². The van der Waals surface area contributed by atoms with Crippen LogP contribution in [0.2, 0.25) is 0 Å². The normalized spacial score (nSPS) is 25.6. The highest BCUT2D eigenvalue weighted by Gasteiger charge is 2.27. The smallest absolute Gasteiger partial charge is 0.105 e. The largest absolute Gasteiger partial charge is 0.301 e. The number of hydrogen-bond donors (Lipinski definition) is 1. The molecule has 1 aliphatic heterocycles. The molecule has 0 radical (unpaired) electrons. The molecule has 0 aromatic heterocycles. The van der Waals surface area contributed by atoms with Crippen LogP contribution in [0.3, 0.4) is 0 Å². The summed E-state index contributed by atoms with van der Waals surface area (Å²) in [5.41, 5.74) is -0.378. The van der Waals surface area contributed by atoms with Crippen molar-refractivity contribution in [2.24, 2.45) is 0 Å². The van der Waals surface area contributed by atoms with Crippen molar-refractivity contribution in [3.05, 3.63) is 0 Å². The molecular weight excluding hydrogens is 198 g/mol.